The van der Waals surface area contributed by atoms with Crippen LogP contribution in [-0.4, -0.2) is 33.3 Å². The molecule has 0 spiro atoms. The van der Waals surface area contributed by atoms with Gasteiger partial charge in [-0.05, 0) is 87.2 Å². The number of sulfonamides is 1. The minimum Gasteiger partial charge on any atom is -0.324 e. The molecule has 1 aliphatic rings. The number of hydrogen-bond acceptors (Lipinski definition) is 4. The van der Waals surface area contributed by atoms with Crippen LogP contribution in [0.4, 0.5) is 17.1 Å². The predicted octanol–water partition coefficient (Wildman–Crippen LogP) is 4.88. The Morgan fingerprint density at radius 3 is 2.19 bits per heavy atom. The van der Waals surface area contributed by atoms with Gasteiger partial charge in [0.25, 0.3) is 10.0 Å². The Kier molecular flexibility index (Phi) is 7.17. The van der Waals surface area contributed by atoms with E-state index in [1.165, 1.54) is 0 Å². The first kappa shape index (κ1) is 25.4. The Labute approximate surface area is 212 Å². The van der Waals surface area contributed by atoms with Crippen molar-refractivity contribution in [1.82, 2.24) is 0 Å². The number of nitrogens with zero attached hydrogens (tertiary/aromatic N) is 2. The molecule has 4 rings (SSSR count). The molecule has 0 saturated carbocycles. The maximum atomic E-state index is 13.7. The monoisotopic (exact) mass is 505 g/mol. The summed E-state index contributed by atoms with van der Waals surface area (Å²) < 4.78 is 28.5. The van der Waals surface area contributed by atoms with Crippen LogP contribution in [0.1, 0.15) is 35.1 Å². The molecule has 0 atom stereocenters. The molecule has 0 unspecified atom stereocenters. The summed E-state index contributed by atoms with van der Waals surface area (Å²) >= 11 is 0. The SMILES string of the molecule is Cc1ccc(S(=O)(=O)N(CC(=O)Nc2ccc(C)c(N3CCCC3=O)c2)c2cc(C)cc(C)c2)cc1. The standard InChI is InChI=1S/C28H31N3O4S/c1-19-7-11-25(12-8-19)36(34,35)31(24-15-20(2)14-21(3)16-24)18-27(32)29-23-10-9-22(4)26(17-23)30-13-5-6-28(30)33/h7-12,14-17H,5-6,13,18H2,1-4H3,(H,29,32). The van der Waals surface area contributed by atoms with Crippen LogP contribution < -0.4 is 14.5 Å². The van der Waals surface area contributed by atoms with Gasteiger partial charge in [-0.25, -0.2) is 8.42 Å². The van der Waals surface area contributed by atoms with Crippen LogP contribution in [-0.2, 0) is 19.6 Å². The number of amides is 2. The average Bonchev–Trinajstić information content (AvgIpc) is 3.24. The third-order valence-corrected chi connectivity index (χ3v) is 8.04. The molecule has 36 heavy (non-hydrogen) atoms. The number of carbonyl (C=O) groups excluding carboxylic acids is 2. The maximum absolute atomic E-state index is 13.7. The Bertz CT molecular complexity index is 1390. The van der Waals surface area contributed by atoms with E-state index < -0.39 is 22.5 Å². The third-order valence-electron chi connectivity index (χ3n) is 6.25. The summed E-state index contributed by atoms with van der Waals surface area (Å²) in [4.78, 5) is 27.3. The van der Waals surface area contributed by atoms with E-state index in [-0.39, 0.29) is 10.8 Å². The van der Waals surface area contributed by atoms with Gasteiger partial charge in [0.05, 0.1) is 10.6 Å². The molecule has 0 aliphatic carbocycles. The first-order valence-corrected chi connectivity index (χ1v) is 13.4. The van der Waals surface area contributed by atoms with Crippen LogP contribution in [0.15, 0.2) is 65.6 Å². The van der Waals surface area contributed by atoms with Gasteiger partial charge in [0.2, 0.25) is 11.8 Å². The molecule has 0 aromatic heterocycles. The molecule has 1 N–H and O–H groups in total. The van der Waals surface area contributed by atoms with E-state index in [0.29, 0.717) is 24.3 Å². The number of nitrogens with one attached hydrogen (secondary N) is 1. The summed E-state index contributed by atoms with van der Waals surface area (Å²) in [5.74, 6) is -0.417. The van der Waals surface area contributed by atoms with E-state index >= 15 is 0 Å². The second kappa shape index (κ2) is 10.1. The maximum Gasteiger partial charge on any atom is 0.264 e. The van der Waals surface area contributed by atoms with Crippen molar-refractivity contribution in [1.29, 1.82) is 0 Å². The molecule has 188 valence electrons. The number of anilines is 3. The summed E-state index contributed by atoms with van der Waals surface area (Å²) in [6.07, 6.45) is 1.31. The van der Waals surface area contributed by atoms with Gasteiger partial charge >= 0.3 is 0 Å². The van der Waals surface area contributed by atoms with Crippen molar-refractivity contribution in [3.05, 3.63) is 82.9 Å². The number of benzene rings is 3. The highest BCUT2D eigenvalue weighted by Gasteiger charge is 2.28. The van der Waals surface area contributed by atoms with E-state index in [0.717, 1.165) is 38.7 Å². The summed E-state index contributed by atoms with van der Waals surface area (Å²) in [7, 11) is -4.01. The van der Waals surface area contributed by atoms with Crippen LogP contribution >= 0.6 is 0 Å². The van der Waals surface area contributed by atoms with E-state index in [4.69, 9.17) is 0 Å². The quantitative estimate of drug-likeness (QED) is 0.496. The summed E-state index contributed by atoms with van der Waals surface area (Å²) in [5.41, 5.74) is 5.36. The summed E-state index contributed by atoms with van der Waals surface area (Å²) in [6.45, 7) is 7.83. The average molecular weight is 506 g/mol. The molecule has 1 aliphatic heterocycles. The Hall–Kier alpha value is -3.65. The van der Waals surface area contributed by atoms with Crippen LogP contribution in [0.5, 0.6) is 0 Å². The smallest absolute Gasteiger partial charge is 0.264 e. The number of carbonyl (C=O) groups is 2. The highest BCUT2D eigenvalue weighted by atomic mass is 32.2. The number of aryl methyl sites for hydroxylation is 4. The van der Waals surface area contributed by atoms with Crippen molar-refractivity contribution >= 4 is 38.9 Å². The number of rotatable bonds is 7. The minimum atomic E-state index is -4.01. The van der Waals surface area contributed by atoms with E-state index in [1.807, 2.05) is 39.8 Å². The zero-order chi connectivity index (χ0) is 26.0. The lowest BCUT2D eigenvalue weighted by Gasteiger charge is -2.25. The molecule has 2 amide bonds. The molecule has 1 heterocycles. The molecule has 8 heteroatoms. The zero-order valence-electron chi connectivity index (χ0n) is 21.0. The Morgan fingerprint density at radius 1 is 0.917 bits per heavy atom. The second-order valence-corrected chi connectivity index (χ2v) is 11.2. The second-order valence-electron chi connectivity index (χ2n) is 9.37. The van der Waals surface area contributed by atoms with Crippen molar-refractivity contribution < 1.29 is 18.0 Å². The third kappa shape index (κ3) is 5.44. The number of hydrogen-bond donors (Lipinski definition) is 1. The van der Waals surface area contributed by atoms with Crippen molar-refractivity contribution in [3.63, 3.8) is 0 Å². The van der Waals surface area contributed by atoms with E-state index in [9.17, 15) is 18.0 Å². The van der Waals surface area contributed by atoms with E-state index in [1.54, 1.807) is 53.4 Å². The van der Waals surface area contributed by atoms with Gasteiger partial charge in [-0.1, -0.05) is 29.8 Å². The van der Waals surface area contributed by atoms with Crippen LogP contribution in [0, 0.1) is 27.7 Å². The highest BCUT2D eigenvalue weighted by Crippen LogP contribution is 2.29. The molecule has 3 aromatic rings. The molecule has 7 nitrogen and oxygen atoms in total. The molecule has 0 radical (unpaired) electrons. The fourth-order valence-corrected chi connectivity index (χ4v) is 5.86. The van der Waals surface area contributed by atoms with Crippen LogP contribution in [0.2, 0.25) is 0 Å². The normalized spacial score (nSPS) is 13.7. The largest absolute Gasteiger partial charge is 0.324 e. The van der Waals surface area contributed by atoms with Gasteiger partial charge in [-0.3, -0.25) is 13.9 Å². The van der Waals surface area contributed by atoms with Gasteiger partial charge in [0.1, 0.15) is 6.54 Å². The fourth-order valence-electron chi connectivity index (χ4n) is 4.46. The van der Waals surface area contributed by atoms with Crippen molar-refractivity contribution in [3.8, 4) is 0 Å². The van der Waals surface area contributed by atoms with Gasteiger partial charge in [0, 0.05) is 24.3 Å². The highest BCUT2D eigenvalue weighted by molar-refractivity contribution is 7.92. The summed E-state index contributed by atoms with van der Waals surface area (Å²) in [6, 6.07) is 17.4. The van der Waals surface area contributed by atoms with Crippen molar-refractivity contribution in [2.75, 3.05) is 27.6 Å². The van der Waals surface area contributed by atoms with Crippen molar-refractivity contribution in [2.24, 2.45) is 0 Å². The lowest BCUT2D eigenvalue weighted by Crippen LogP contribution is -2.38. The molecule has 1 fully saturated rings. The van der Waals surface area contributed by atoms with Crippen molar-refractivity contribution in [2.45, 2.75) is 45.4 Å². The van der Waals surface area contributed by atoms with E-state index in [2.05, 4.69) is 5.32 Å². The molecular weight excluding hydrogens is 474 g/mol. The molecule has 0 bridgehead atoms. The van der Waals surface area contributed by atoms with Crippen LogP contribution in [0.3, 0.4) is 0 Å². The topological polar surface area (TPSA) is 86.8 Å². The first-order valence-electron chi connectivity index (χ1n) is 11.9. The summed E-state index contributed by atoms with van der Waals surface area (Å²) in [5, 5.41) is 2.83. The van der Waals surface area contributed by atoms with Gasteiger partial charge in [-0.2, -0.15) is 0 Å². The lowest BCUT2D eigenvalue weighted by atomic mass is 10.1. The lowest BCUT2D eigenvalue weighted by molar-refractivity contribution is -0.117. The zero-order valence-corrected chi connectivity index (χ0v) is 21.9. The van der Waals surface area contributed by atoms with Gasteiger partial charge in [0.15, 0.2) is 0 Å². The fraction of sp³-hybridized carbons (Fsp3) is 0.286. The first-order chi connectivity index (χ1) is 17.0. The molecular formula is C28H31N3O4S. The minimum absolute atomic E-state index is 0.0618. The molecule has 3 aromatic carbocycles. The Balaban J connectivity index is 1.64. The van der Waals surface area contributed by atoms with Crippen LogP contribution in [0.25, 0.3) is 0 Å². The Morgan fingerprint density at radius 2 is 1.58 bits per heavy atom. The van der Waals surface area contributed by atoms with Gasteiger partial charge < -0.3 is 10.2 Å². The van der Waals surface area contributed by atoms with Gasteiger partial charge in [-0.15, -0.1) is 0 Å². The molecule has 1 saturated heterocycles. The predicted molar refractivity (Wildman–Crippen MR) is 143 cm³/mol.